The lowest BCUT2D eigenvalue weighted by Gasteiger charge is -2.04. The largest absolute Gasteiger partial charge is 0.324 e. The van der Waals surface area contributed by atoms with Gasteiger partial charge >= 0.3 is 0 Å². The van der Waals surface area contributed by atoms with Gasteiger partial charge in [0.15, 0.2) is 5.65 Å². The number of benzene rings is 1. The molecular formula is C11H8ClN5. The second-order valence-corrected chi connectivity index (χ2v) is 3.89. The Morgan fingerprint density at radius 2 is 2.18 bits per heavy atom. The first kappa shape index (κ1) is 10.0. The van der Waals surface area contributed by atoms with Gasteiger partial charge in [0.05, 0.1) is 6.20 Å². The Bertz CT molecular complexity index is 664. The van der Waals surface area contributed by atoms with Gasteiger partial charge in [-0.1, -0.05) is 17.7 Å². The molecule has 3 aromatic rings. The molecule has 0 fully saturated rings. The van der Waals surface area contributed by atoms with Crippen LogP contribution in [0.4, 0.5) is 11.6 Å². The molecule has 0 radical (unpaired) electrons. The third-order valence-electron chi connectivity index (χ3n) is 2.24. The number of nitrogens with zero attached hydrogens (tertiary/aromatic N) is 4. The van der Waals surface area contributed by atoms with Crippen molar-refractivity contribution in [3.05, 3.63) is 47.9 Å². The van der Waals surface area contributed by atoms with Crippen molar-refractivity contribution in [1.82, 2.24) is 19.6 Å². The third-order valence-corrected chi connectivity index (χ3v) is 2.48. The first-order chi connectivity index (χ1) is 8.31. The molecule has 0 atom stereocenters. The van der Waals surface area contributed by atoms with Gasteiger partial charge in [-0.15, -0.1) is 0 Å². The van der Waals surface area contributed by atoms with Crippen molar-refractivity contribution < 1.29 is 0 Å². The molecule has 17 heavy (non-hydrogen) atoms. The Morgan fingerprint density at radius 1 is 1.24 bits per heavy atom. The van der Waals surface area contributed by atoms with Crippen LogP contribution >= 0.6 is 11.6 Å². The SMILES string of the molecule is Clc1cccc(Nc2ncn3nccc3n2)c1. The number of anilines is 2. The average Bonchev–Trinajstić information content (AvgIpc) is 2.76. The van der Waals surface area contributed by atoms with E-state index in [1.807, 2.05) is 30.3 Å². The summed E-state index contributed by atoms with van der Waals surface area (Å²) in [4.78, 5) is 8.43. The first-order valence-electron chi connectivity index (χ1n) is 5.00. The smallest absolute Gasteiger partial charge is 0.230 e. The predicted octanol–water partition coefficient (Wildman–Crippen LogP) is 2.52. The van der Waals surface area contributed by atoms with E-state index in [0.29, 0.717) is 11.0 Å². The van der Waals surface area contributed by atoms with E-state index in [-0.39, 0.29) is 0 Å². The normalized spacial score (nSPS) is 10.6. The van der Waals surface area contributed by atoms with E-state index in [1.54, 1.807) is 17.0 Å². The van der Waals surface area contributed by atoms with Gasteiger partial charge < -0.3 is 5.32 Å². The minimum Gasteiger partial charge on any atom is -0.324 e. The van der Waals surface area contributed by atoms with Crippen LogP contribution in [0.3, 0.4) is 0 Å². The van der Waals surface area contributed by atoms with Crippen molar-refractivity contribution >= 4 is 28.9 Å². The molecule has 0 saturated heterocycles. The van der Waals surface area contributed by atoms with Crippen LogP contribution in [0.15, 0.2) is 42.9 Å². The Kier molecular flexibility index (Phi) is 2.38. The van der Waals surface area contributed by atoms with Crippen LogP contribution in [0.25, 0.3) is 5.65 Å². The highest BCUT2D eigenvalue weighted by molar-refractivity contribution is 6.30. The molecule has 5 nitrogen and oxygen atoms in total. The maximum Gasteiger partial charge on any atom is 0.230 e. The summed E-state index contributed by atoms with van der Waals surface area (Å²) in [5.41, 5.74) is 1.59. The zero-order valence-electron chi connectivity index (χ0n) is 8.71. The van der Waals surface area contributed by atoms with Gasteiger partial charge in [0.1, 0.15) is 6.33 Å². The minimum atomic E-state index is 0.514. The molecule has 0 aliphatic carbocycles. The highest BCUT2D eigenvalue weighted by atomic mass is 35.5. The van der Waals surface area contributed by atoms with Gasteiger partial charge in [-0.25, -0.2) is 9.50 Å². The van der Waals surface area contributed by atoms with Crippen LogP contribution in [0.1, 0.15) is 0 Å². The predicted molar refractivity (Wildman–Crippen MR) is 65.5 cm³/mol. The minimum absolute atomic E-state index is 0.514. The molecule has 2 heterocycles. The quantitative estimate of drug-likeness (QED) is 0.754. The molecule has 3 rings (SSSR count). The van der Waals surface area contributed by atoms with E-state index in [1.165, 1.54) is 0 Å². The van der Waals surface area contributed by atoms with Gasteiger partial charge in [0.2, 0.25) is 5.95 Å². The van der Waals surface area contributed by atoms with Crippen LogP contribution in [0.5, 0.6) is 0 Å². The number of hydrogen-bond donors (Lipinski definition) is 1. The van der Waals surface area contributed by atoms with Crippen molar-refractivity contribution in [3.63, 3.8) is 0 Å². The van der Waals surface area contributed by atoms with Crippen LogP contribution in [-0.4, -0.2) is 19.6 Å². The van der Waals surface area contributed by atoms with E-state index in [2.05, 4.69) is 20.4 Å². The highest BCUT2D eigenvalue weighted by Gasteiger charge is 2.00. The summed E-state index contributed by atoms with van der Waals surface area (Å²) in [6, 6.07) is 9.20. The first-order valence-corrected chi connectivity index (χ1v) is 5.38. The van der Waals surface area contributed by atoms with Gasteiger partial charge in [-0.3, -0.25) is 0 Å². The summed E-state index contributed by atoms with van der Waals surface area (Å²) in [5.74, 6) is 0.514. The van der Waals surface area contributed by atoms with E-state index in [9.17, 15) is 0 Å². The number of fused-ring (bicyclic) bond motifs is 1. The molecule has 0 bridgehead atoms. The second kappa shape index (κ2) is 4.03. The summed E-state index contributed by atoms with van der Waals surface area (Å²) in [5, 5.41) is 7.77. The summed E-state index contributed by atoms with van der Waals surface area (Å²) in [6.45, 7) is 0. The molecular weight excluding hydrogens is 238 g/mol. The van der Waals surface area contributed by atoms with Crippen LogP contribution in [-0.2, 0) is 0 Å². The number of rotatable bonds is 2. The average molecular weight is 246 g/mol. The maximum absolute atomic E-state index is 5.89. The molecule has 84 valence electrons. The van der Waals surface area contributed by atoms with Crippen molar-refractivity contribution in [3.8, 4) is 0 Å². The molecule has 6 heteroatoms. The zero-order valence-corrected chi connectivity index (χ0v) is 9.46. The van der Waals surface area contributed by atoms with Crippen LogP contribution in [0.2, 0.25) is 5.02 Å². The summed E-state index contributed by atoms with van der Waals surface area (Å²) < 4.78 is 1.60. The van der Waals surface area contributed by atoms with Crippen LogP contribution in [0, 0.1) is 0 Å². The van der Waals surface area contributed by atoms with E-state index in [0.717, 1.165) is 11.3 Å². The van der Waals surface area contributed by atoms with Crippen LogP contribution < -0.4 is 5.32 Å². The van der Waals surface area contributed by atoms with Crippen molar-refractivity contribution in [2.45, 2.75) is 0 Å². The molecule has 0 unspecified atom stereocenters. The Labute approximate surface area is 102 Å². The topological polar surface area (TPSA) is 55.1 Å². The van der Waals surface area contributed by atoms with E-state index in [4.69, 9.17) is 11.6 Å². The summed E-state index contributed by atoms with van der Waals surface area (Å²) in [6.07, 6.45) is 3.28. The molecule has 0 aliphatic heterocycles. The van der Waals surface area contributed by atoms with E-state index >= 15 is 0 Å². The lowest BCUT2D eigenvalue weighted by Crippen LogP contribution is -2.00. The van der Waals surface area contributed by atoms with Gasteiger partial charge in [0.25, 0.3) is 0 Å². The Balaban J connectivity index is 1.94. The second-order valence-electron chi connectivity index (χ2n) is 3.45. The number of halogens is 1. The Morgan fingerprint density at radius 3 is 3.06 bits per heavy atom. The van der Waals surface area contributed by atoms with Crippen molar-refractivity contribution in [1.29, 1.82) is 0 Å². The number of nitrogens with one attached hydrogen (secondary N) is 1. The fourth-order valence-corrected chi connectivity index (χ4v) is 1.68. The fourth-order valence-electron chi connectivity index (χ4n) is 1.49. The third kappa shape index (κ3) is 2.05. The van der Waals surface area contributed by atoms with Crippen molar-refractivity contribution in [2.75, 3.05) is 5.32 Å². The molecule has 1 N–H and O–H groups in total. The van der Waals surface area contributed by atoms with Gasteiger partial charge in [-0.05, 0) is 18.2 Å². The molecule has 2 aromatic heterocycles. The Hall–Kier alpha value is -2.14. The number of aromatic nitrogens is 4. The maximum atomic E-state index is 5.89. The zero-order chi connectivity index (χ0) is 11.7. The molecule has 0 aliphatic rings. The summed E-state index contributed by atoms with van der Waals surface area (Å²) >= 11 is 5.89. The van der Waals surface area contributed by atoms with E-state index < -0.39 is 0 Å². The molecule has 1 aromatic carbocycles. The molecule has 0 amide bonds. The monoisotopic (exact) mass is 245 g/mol. The molecule has 0 spiro atoms. The standard InChI is InChI=1S/C11H8ClN5/c12-8-2-1-3-9(6-8)15-11-13-7-17-10(16-11)4-5-14-17/h1-7H,(H,15,16). The van der Waals surface area contributed by atoms with Gasteiger partial charge in [-0.2, -0.15) is 10.1 Å². The number of hydrogen-bond acceptors (Lipinski definition) is 4. The summed E-state index contributed by atoms with van der Waals surface area (Å²) in [7, 11) is 0. The lowest BCUT2D eigenvalue weighted by atomic mass is 10.3. The van der Waals surface area contributed by atoms with Gasteiger partial charge in [0, 0.05) is 16.8 Å². The lowest BCUT2D eigenvalue weighted by molar-refractivity contribution is 0.895. The fraction of sp³-hybridized carbons (Fsp3) is 0. The van der Waals surface area contributed by atoms with Crippen molar-refractivity contribution in [2.24, 2.45) is 0 Å². The highest BCUT2D eigenvalue weighted by Crippen LogP contribution is 2.17. The molecule has 0 saturated carbocycles.